The molecule has 0 bridgehead atoms. The van der Waals surface area contributed by atoms with Gasteiger partial charge in [-0.2, -0.15) is 0 Å². The molecular weight excluding hydrogens is 272 g/mol. The van der Waals surface area contributed by atoms with Crippen LogP contribution in [0.15, 0.2) is 36.7 Å². The van der Waals surface area contributed by atoms with Crippen molar-refractivity contribution in [3.8, 4) is 27.7 Å². The number of imidazole rings is 1. The number of aryl methyl sites for hydroxylation is 1. The Labute approximate surface area is 120 Å². The van der Waals surface area contributed by atoms with E-state index in [1.165, 1.54) is 11.3 Å². The fourth-order valence-corrected chi connectivity index (χ4v) is 2.85. The summed E-state index contributed by atoms with van der Waals surface area (Å²) in [4.78, 5) is 9.77. The fourth-order valence-electron chi connectivity index (χ4n) is 2.02. The van der Waals surface area contributed by atoms with Gasteiger partial charge in [-0.1, -0.05) is 11.3 Å². The van der Waals surface area contributed by atoms with Crippen molar-refractivity contribution < 1.29 is 4.74 Å². The summed E-state index contributed by atoms with van der Waals surface area (Å²) < 4.78 is 7.11. The van der Waals surface area contributed by atoms with Crippen LogP contribution in [0.1, 0.15) is 0 Å². The maximum Gasteiger partial charge on any atom is 0.181 e. The highest BCUT2D eigenvalue weighted by molar-refractivity contribution is 7.19. The van der Waals surface area contributed by atoms with Gasteiger partial charge < -0.3 is 15.0 Å². The van der Waals surface area contributed by atoms with E-state index in [2.05, 4.69) is 9.97 Å². The van der Waals surface area contributed by atoms with Crippen molar-refractivity contribution in [2.24, 2.45) is 7.05 Å². The van der Waals surface area contributed by atoms with Crippen molar-refractivity contribution in [1.29, 1.82) is 0 Å². The summed E-state index contributed by atoms with van der Waals surface area (Å²) in [6.45, 7) is 0. The Morgan fingerprint density at radius 2 is 2.00 bits per heavy atom. The largest absolute Gasteiger partial charge is 0.497 e. The number of thiazole rings is 1. The lowest BCUT2D eigenvalue weighted by Crippen LogP contribution is -1.93. The van der Waals surface area contributed by atoms with Gasteiger partial charge in [-0.05, 0) is 29.8 Å². The lowest BCUT2D eigenvalue weighted by Gasteiger charge is -2.04. The second kappa shape index (κ2) is 4.97. The van der Waals surface area contributed by atoms with Crippen molar-refractivity contribution in [1.82, 2.24) is 14.5 Å². The van der Waals surface area contributed by atoms with E-state index < -0.39 is 0 Å². The van der Waals surface area contributed by atoms with Gasteiger partial charge in [-0.3, -0.25) is 0 Å². The molecule has 0 atom stereocenters. The molecule has 3 aromatic rings. The Bertz CT molecular complexity index is 730. The first-order chi connectivity index (χ1) is 9.69. The summed E-state index contributed by atoms with van der Waals surface area (Å²) in [5.41, 5.74) is 7.74. The number of aromatic nitrogens is 3. The van der Waals surface area contributed by atoms with Crippen LogP contribution >= 0.6 is 11.3 Å². The van der Waals surface area contributed by atoms with Crippen LogP contribution in [0.5, 0.6) is 5.75 Å². The lowest BCUT2D eigenvalue weighted by atomic mass is 10.1. The summed E-state index contributed by atoms with van der Waals surface area (Å²) >= 11 is 1.46. The van der Waals surface area contributed by atoms with Crippen LogP contribution in [0.3, 0.4) is 0 Å². The van der Waals surface area contributed by atoms with Crippen LogP contribution < -0.4 is 10.5 Å². The van der Waals surface area contributed by atoms with Gasteiger partial charge in [0.1, 0.15) is 11.4 Å². The van der Waals surface area contributed by atoms with Crippen LogP contribution in [0, 0.1) is 0 Å². The van der Waals surface area contributed by atoms with Crippen molar-refractivity contribution in [3.05, 3.63) is 36.7 Å². The van der Waals surface area contributed by atoms with E-state index in [1.54, 1.807) is 13.3 Å². The fraction of sp³-hybridized carbons (Fsp3) is 0.143. The Hall–Kier alpha value is -2.34. The number of nitrogen functional groups attached to an aromatic ring is 1. The summed E-state index contributed by atoms with van der Waals surface area (Å²) in [7, 11) is 3.59. The summed E-state index contributed by atoms with van der Waals surface area (Å²) in [5.74, 6) is 1.63. The number of hydrogen-bond donors (Lipinski definition) is 1. The van der Waals surface area contributed by atoms with Crippen molar-refractivity contribution in [2.45, 2.75) is 0 Å². The predicted molar refractivity (Wildman–Crippen MR) is 80.7 cm³/mol. The minimum atomic E-state index is 0.536. The van der Waals surface area contributed by atoms with E-state index in [1.807, 2.05) is 42.1 Å². The van der Waals surface area contributed by atoms with Gasteiger partial charge in [0, 0.05) is 19.4 Å². The topological polar surface area (TPSA) is 66.0 Å². The van der Waals surface area contributed by atoms with Gasteiger partial charge in [0.15, 0.2) is 11.0 Å². The molecule has 20 heavy (non-hydrogen) atoms. The molecule has 3 rings (SSSR count). The van der Waals surface area contributed by atoms with Gasteiger partial charge in [0.25, 0.3) is 0 Å². The molecule has 102 valence electrons. The van der Waals surface area contributed by atoms with Gasteiger partial charge in [0.05, 0.1) is 12.0 Å². The zero-order valence-electron chi connectivity index (χ0n) is 11.2. The number of nitrogens with zero attached hydrogens (tertiary/aromatic N) is 3. The molecule has 0 unspecified atom stereocenters. The first-order valence-electron chi connectivity index (χ1n) is 6.07. The van der Waals surface area contributed by atoms with Crippen molar-refractivity contribution in [2.75, 3.05) is 12.8 Å². The minimum absolute atomic E-state index is 0.536. The standard InChI is InChI=1S/C14H14N4OS/c1-18-8-7-16-13(18)11-12(20-14(15)17-11)9-3-5-10(19-2)6-4-9/h3-8H,1-2H3,(H2,15,17). The molecule has 0 saturated heterocycles. The van der Waals surface area contributed by atoms with Gasteiger partial charge in [0.2, 0.25) is 0 Å². The second-order valence-corrected chi connectivity index (χ2v) is 5.35. The van der Waals surface area contributed by atoms with Gasteiger partial charge in [-0.15, -0.1) is 0 Å². The Balaban J connectivity index is 2.12. The third-order valence-corrected chi connectivity index (χ3v) is 3.96. The van der Waals surface area contributed by atoms with Crippen LogP contribution in [0.25, 0.3) is 22.0 Å². The molecule has 5 nitrogen and oxygen atoms in total. The van der Waals surface area contributed by atoms with Crippen molar-refractivity contribution in [3.63, 3.8) is 0 Å². The first-order valence-corrected chi connectivity index (χ1v) is 6.89. The van der Waals surface area contributed by atoms with E-state index in [9.17, 15) is 0 Å². The average Bonchev–Trinajstić information content (AvgIpc) is 3.04. The van der Waals surface area contributed by atoms with Crippen LogP contribution in [-0.2, 0) is 7.05 Å². The average molecular weight is 286 g/mol. The first kappa shape index (κ1) is 12.7. The second-order valence-electron chi connectivity index (χ2n) is 4.32. The molecule has 6 heteroatoms. The monoisotopic (exact) mass is 286 g/mol. The highest BCUT2D eigenvalue weighted by Gasteiger charge is 2.16. The Morgan fingerprint density at radius 3 is 2.60 bits per heavy atom. The molecule has 0 fully saturated rings. The maximum absolute atomic E-state index is 5.87. The number of hydrogen-bond acceptors (Lipinski definition) is 5. The smallest absolute Gasteiger partial charge is 0.181 e. The zero-order valence-corrected chi connectivity index (χ0v) is 12.0. The molecule has 2 heterocycles. The maximum atomic E-state index is 5.87. The third kappa shape index (κ3) is 2.14. The molecule has 0 saturated carbocycles. The molecule has 0 radical (unpaired) electrons. The zero-order chi connectivity index (χ0) is 14.1. The number of benzene rings is 1. The Kier molecular flexibility index (Phi) is 3.15. The number of ether oxygens (including phenoxy) is 1. The normalized spacial score (nSPS) is 10.7. The van der Waals surface area contributed by atoms with E-state index in [-0.39, 0.29) is 0 Å². The number of rotatable bonds is 3. The minimum Gasteiger partial charge on any atom is -0.497 e. The van der Waals surface area contributed by atoms with E-state index in [0.717, 1.165) is 27.7 Å². The molecule has 0 aliphatic carbocycles. The SMILES string of the molecule is COc1ccc(-c2sc(N)nc2-c2nccn2C)cc1. The van der Waals surface area contributed by atoms with Gasteiger partial charge >= 0.3 is 0 Å². The summed E-state index contributed by atoms with van der Waals surface area (Å²) in [5, 5.41) is 0.536. The number of methoxy groups -OCH3 is 1. The summed E-state index contributed by atoms with van der Waals surface area (Å²) in [6.07, 6.45) is 3.64. The highest BCUT2D eigenvalue weighted by Crippen LogP contribution is 2.37. The molecule has 1 aromatic carbocycles. The lowest BCUT2D eigenvalue weighted by molar-refractivity contribution is 0.415. The molecule has 0 amide bonds. The molecule has 2 N–H and O–H groups in total. The van der Waals surface area contributed by atoms with E-state index in [0.29, 0.717) is 5.13 Å². The number of anilines is 1. The molecule has 0 aliphatic heterocycles. The predicted octanol–water partition coefficient (Wildman–Crippen LogP) is 2.80. The molecule has 2 aromatic heterocycles. The molecule has 0 aliphatic rings. The number of nitrogens with two attached hydrogens (primary N) is 1. The van der Waals surface area contributed by atoms with Gasteiger partial charge in [-0.25, -0.2) is 9.97 Å². The van der Waals surface area contributed by atoms with Crippen LogP contribution in [0.2, 0.25) is 0 Å². The third-order valence-electron chi connectivity index (χ3n) is 3.03. The highest BCUT2D eigenvalue weighted by atomic mass is 32.1. The molecular formula is C14H14N4OS. The quantitative estimate of drug-likeness (QED) is 0.804. The van der Waals surface area contributed by atoms with Crippen LogP contribution in [-0.4, -0.2) is 21.6 Å². The van der Waals surface area contributed by atoms with E-state index >= 15 is 0 Å². The van der Waals surface area contributed by atoms with Crippen molar-refractivity contribution >= 4 is 16.5 Å². The van der Waals surface area contributed by atoms with E-state index in [4.69, 9.17) is 10.5 Å². The summed E-state index contributed by atoms with van der Waals surface area (Å²) in [6, 6.07) is 7.84. The molecule has 0 spiro atoms. The Morgan fingerprint density at radius 1 is 1.25 bits per heavy atom. The van der Waals surface area contributed by atoms with Crippen LogP contribution in [0.4, 0.5) is 5.13 Å².